The number of rotatable bonds is 6. The fourth-order valence-electron chi connectivity index (χ4n) is 2.41. The van der Waals surface area contributed by atoms with Crippen LogP contribution in [0, 0.1) is 18.2 Å². The summed E-state index contributed by atoms with van der Waals surface area (Å²) in [5.41, 5.74) is 2.17. The van der Waals surface area contributed by atoms with Gasteiger partial charge in [-0.2, -0.15) is 0 Å². The lowest BCUT2D eigenvalue weighted by Crippen LogP contribution is -2.45. The highest BCUT2D eigenvalue weighted by Gasteiger charge is 2.24. The fraction of sp³-hybridized carbons (Fsp3) is 0.611. The maximum Gasteiger partial charge on any atom is 0.191 e. The number of guanidine groups is 1. The van der Waals surface area contributed by atoms with Crippen molar-refractivity contribution in [1.82, 2.24) is 10.6 Å². The molecule has 0 radical (unpaired) electrons. The minimum atomic E-state index is -0.190. The lowest BCUT2D eigenvalue weighted by atomic mass is 9.89. The van der Waals surface area contributed by atoms with Crippen LogP contribution in [-0.2, 0) is 11.2 Å². The van der Waals surface area contributed by atoms with Gasteiger partial charge in [-0.05, 0) is 42.0 Å². The van der Waals surface area contributed by atoms with Crippen LogP contribution in [0.1, 0.15) is 31.9 Å². The highest BCUT2D eigenvalue weighted by Crippen LogP contribution is 2.20. The number of hydrogen-bond donors (Lipinski definition) is 2. The van der Waals surface area contributed by atoms with Crippen LogP contribution in [0.5, 0.6) is 0 Å². The second kappa shape index (κ2) is 10.9. The minimum Gasteiger partial charge on any atom is -0.379 e. The van der Waals surface area contributed by atoms with Gasteiger partial charge in [-0.15, -0.1) is 24.0 Å². The minimum absolute atomic E-state index is 0. The SMILES string of the molecule is CN=C(NCCc1ccc(F)cc1C)NCC(OC)C(C)(C)C.I. The highest BCUT2D eigenvalue weighted by molar-refractivity contribution is 14.0. The van der Waals surface area contributed by atoms with Crippen molar-refractivity contribution < 1.29 is 9.13 Å². The summed E-state index contributed by atoms with van der Waals surface area (Å²) in [6.07, 6.45) is 0.917. The molecular formula is C18H31FIN3O. The molecule has 138 valence electrons. The number of methoxy groups -OCH3 is 1. The molecule has 24 heavy (non-hydrogen) atoms. The first-order valence-electron chi connectivity index (χ1n) is 8.00. The van der Waals surface area contributed by atoms with Crippen molar-refractivity contribution in [2.45, 2.75) is 40.2 Å². The van der Waals surface area contributed by atoms with Crippen molar-refractivity contribution in [2.75, 3.05) is 27.2 Å². The van der Waals surface area contributed by atoms with Crippen molar-refractivity contribution in [1.29, 1.82) is 0 Å². The third-order valence-corrected chi connectivity index (χ3v) is 3.92. The van der Waals surface area contributed by atoms with Crippen LogP contribution >= 0.6 is 24.0 Å². The van der Waals surface area contributed by atoms with Crippen molar-refractivity contribution in [3.8, 4) is 0 Å². The van der Waals surface area contributed by atoms with E-state index in [2.05, 4.69) is 36.4 Å². The molecule has 0 aromatic heterocycles. The molecule has 2 N–H and O–H groups in total. The molecule has 0 aliphatic carbocycles. The molecule has 0 heterocycles. The van der Waals surface area contributed by atoms with Crippen LogP contribution in [0.15, 0.2) is 23.2 Å². The molecule has 0 aliphatic heterocycles. The van der Waals surface area contributed by atoms with Gasteiger partial charge in [0.2, 0.25) is 0 Å². The number of aliphatic imine (C=N–C) groups is 1. The molecule has 0 saturated heterocycles. The second-order valence-corrected chi connectivity index (χ2v) is 6.79. The average molecular weight is 451 g/mol. The molecule has 0 bridgehead atoms. The summed E-state index contributed by atoms with van der Waals surface area (Å²) in [6.45, 7) is 9.80. The number of nitrogens with one attached hydrogen (secondary N) is 2. The summed E-state index contributed by atoms with van der Waals surface area (Å²) in [4.78, 5) is 4.22. The van der Waals surface area contributed by atoms with Crippen molar-refractivity contribution in [3.63, 3.8) is 0 Å². The Bertz CT molecular complexity index is 529. The Labute approximate surface area is 162 Å². The van der Waals surface area contributed by atoms with E-state index in [1.54, 1.807) is 20.2 Å². The summed E-state index contributed by atoms with van der Waals surface area (Å²) >= 11 is 0. The van der Waals surface area contributed by atoms with E-state index in [-0.39, 0.29) is 41.3 Å². The molecule has 0 fully saturated rings. The number of aryl methyl sites for hydroxylation is 1. The van der Waals surface area contributed by atoms with Crippen molar-refractivity contribution in [3.05, 3.63) is 35.1 Å². The molecule has 6 heteroatoms. The Morgan fingerprint density at radius 2 is 1.96 bits per heavy atom. The smallest absolute Gasteiger partial charge is 0.191 e. The maximum absolute atomic E-state index is 13.1. The normalized spacial score (nSPS) is 13.2. The van der Waals surface area contributed by atoms with E-state index >= 15 is 0 Å². The van der Waals surface area contributed by atoms with Gasteiger partial charge in [0.1, 0.15) is 5.82 Å². The summed E-state index contributed by atoms with van der Waals surface area (Å²) < 4.78 is 18.6. The Morgan fingerprint density at radius 1 is 1.29 bits per heavy atom. The zero-order valence-corrected chi connectivity index (χ0v) is 17.9. The Kier molecular flexibility index (Phi) is 10.5. The van der Waals surface area contributed by atoms with E-state index < -0.39 is 0 Å². The van der Waals surface area contributed by atoms with E-state index in [1.807, 2.05) is 13.0 Å². The van der Waals surface area contributed by atoms with Crippen LogP contribution in [0.3, 0.4) is 0 Å². The summed E-state index contributed by atoms with van der Waals surface area (Å²) in [7, 11) is 3.47. The van der Waals surface area contributed by atoms with Gasteiger partial charge >= 0.3 is 0 Å². The molecule has 1 atom stereocenters. The predicted molar refractivity (Wildman–Crippen MR) is 110 cm³/mol. The van der Waals surface area contributed by atoms with Crippen molar-refractivity contribution >= 4 is 29.9 Å². The third kappa shape index (κ3) is 7.79. The van der Waals surface area contributed by atoms with E-state index in [1.165, 1.54) is 6.07 Å². The first-order valence-corrected chi connectivity index (χ1v) is 8.00. The molecule has 1 unspecified atom stereocenters. The van der Waals surface area contributed by atoms with E-state index in [4.69, 9.17) is 4.74 Å². The summed E-state index contributed by atoms with van der Waals surface area (Å²) in [5.74, 6) is 0.556. The molecular weight excluding hydrogens is 420 g/mol. The first-order chi connectivity index (χ1) is 10.8. The van der Waals surface area contributed by atoms with Crippen molar-refractivity contribution in [2.24, 2.45) is 10.4 Å². The number of halogens is 2. The standard InChI is InChI=1S/C18H30FN3O.HI/c1-13-11-15(19)8-7-14(13)9-10-21-17(20-5)22-12-16(23-6)18(2,3)4;/h7-8,11,16H,9-10,12H2,1-6H3,(H2,20,21,22);1H. The zero-order valence-electron chi connectivity index (χ0n) is 15.6. The lowest BCUT2D eigenvalue weighted by molar-refractivity contribution is 0.0205. The van der Waals surface area contributed by atoms with Gasteiger partial charge in [-0.1, -0.05) is 26.8 Å². The number of hydrogen-bond acceptors (Lipinski definition) is 2. The van der Waals surface area contributed by atoms with Crippen LogP contribution < -0.4 is 10.6 Å². The second-order valence-electron chi connectivity index (χ2n) is 6.79. The molecule has 0 amide bonds. The van der Waals surface area contributed by atoms with Gasteiger partial charge in [0.25, 0.3) is 0 Å². The Morgan fingerprint density at radius 3 is 2.46 bits per heavy atom. The molecule has 1 aromatic carbocycles. The monoisotopic (exact) mass is 451 g/mol. The molecule has 1 rings (SSSR count). The topological polar surface area (TPSA) is 45.7 Å². The lowest BCUT2D eigenvalue weighted by Gasteiger charge is -2.30. The van der Waals surface area contributed by atoms with Gasteiger partial charge in [-0.25, -0.2) is 4.39 Å². The van der Waals surface area contributed by atoms with Gasteiger partial charge < -0.3 is 15.4 Å². The van der Waals surface area contributed by atoms with E-state index in [9.17, 15) is 4.39 Å². The Balaban J connectivity index is 0.00000529. The van der Waals surface area contributed by atoms with Gasteiger partial charge in [0.05, 0.1) is 6.10 Å². The van der Waals surface area contributed by atoms with Crippen LogP contribution in [-0.4, -0.2) is 39.3 Å². The van der Waals surface area contributed by atoms with Gasteiger partial charge in [0, 0.05) is 27.2 Å². The van der Waals surface area contributed by atoms with Gasteiger partial charge in [0.15, 0.2) is 5.96 Å². The molecule has 0 spiro atoms. The van der Waals surface area contributed by atoms with Crippen LogP contribution in [0.2, 0.25) is 0 Å². The number of ether oxygens (including phenoxy) is 1. The zero-order chi connectivity index (χ0) is 17.5. The molecule has 1 aromatic rings. The largest absolute Gasteiger partial charge is 0.379 e. The predicted octanol–water partition coefficient (Wildman–Crippen LogP) is 3.52. The summed E-state index contributed by atoms with van der Waals surface area (Å²) in [6, 6.07) is 4.90. The maximum atomic E-state index is 13.1. The third-order valence-electron chi connectivity index (χ3n) is 3.92. The molecule has 0 aliphatic rings. The highest BCUT2D eigenvalue weighted by atomic mass is 127. The number of nitrogens with zero attached hydrogens (tertiary/aromatic N) is 1. The van der Waals surface area contributed by atoms with E-state index in [0.717, 1.165) is 30.1 Å². The van der Waals surface area contributed by atoms with Gasteiger partial charge in [-0.3, -0.25) is 4.99 Å². The Hall–Kier alpha value is -0.890. The molecule has 4 nitrogen and oxygen atoms in total. The van der Waals surface area contributed by atoms with E-state index in [0.29, 0.717) is 6.54 Å². The quantitative estimate of drug-likeness (QED) is 0.395. The molecule has 0 saturated carbocycles. The average Bonchev–Trinajstić information content (AvgIpc) is 2.46. The fourth-order valence-corrected chi connectivity index (χ4v) is 2.41. The first kappa shape index (κ1) is 23.1. The van der Waals surface area contributed by atoms with Crippen LogP contribution in [0.25, 0.3) is 0 Å². The van der Waals surface area contributed by atoms with Crippen LogP contribution in [0.4, 0.5) is 4.39 Å². The number of benzene rings is 1. The summed E-state index contributed by atoms with van der Waals surface area (Å²) in [5, 5.41) is 6.57.